The molecule has 2 rings (SSSR count). The Morgan fingerprint density at radius 2 is 2.31 bits per heavy atom. The summed E-state index contributed by atoms with van der Waals surface area (Å²) in [6.45, 7) is 0.959. The molecule has 2 nitrogen and oxygen atoms in total. The molecule has 2 aliphatic rings. The molecule has 1 fully saturated rings. The molecule has 1 saturated heterocycles. The van der Waals surface area contributed by atoms with E-state index < -0.39 is 0 Å². The maximum absolute atomic E-state index is 11.6. The summed E-state index contributed by atoms with van der Waals surface area (Å²) < 4.78 is 0. The van der Waals surface area contributed by atoms with Gasteiger partial charge in [0.05, 0.1) is 5.37 Å². The average Bonchev–Trinajstić information content (AvgIpc) is 2.43. The second-order valence-electron chi connectivity index (χ2n) is 3.57. The van der Waals surface area contributed by atoms with E-state index in [1.807, 2.05) is 22.7 Å². The second kappa shape index (κ2) is 4.18. The van der Waals surface area contributed by atoms with Crippen molar-refractivity contribution in [2.24, 2.45) is 0 Å². The third kappa shape index (κ3) is 2.08. The number of amides is 1. The summed E-state index contributed by atoms with van der Waals surface area (Å²) in [5.74, 6) is 1.21. The molecule has 0 aliphatic carbocycles. The third-order valence-corrected chi connectivity index (χ3v) is 3.89. The molecule has 3 heteroatoms. The molecule has 0 aromatic carbocycles. The lowest BCUT2D eigenvalue weighted by atomic mass is 10.2. The van der Waals surface area contributed by atoms with Crippen LogP contribution in [-0.2, 0) is 4.79 Å². The summed E-state index contributed by atoms with van der Waals surface area (Å²) in [6, 6.07) is 0. The first-order valence-electron chi connectivity index (χ1n) is 4.97. The molecule has 0 spiro atoms. The largest absolute Gasteiger partial charge is 0.327 e. The van der Waals surface area contributed by atoms with Crippen molar-refractivity contribution in [2.45, 2.75) is 31.1 Å². The molecule has 0 bridgehead atoms. The highest BCUT2D eigenvalue weighted by Crippen LogP contribution is 2.27. The van der Waals surface area contributed by atoms with Gasteiger partial charge < -0.3 is 4.90 Å². The molecule has 0 saturated carbocycles. The number of rotatable bonds is 0. The number of thioether (sulfide) groups is 1. The topological polar surface area (TPSA) is 20.3 Å². The highest BCUT2D eigenvalue weighted by Gasteiger charge is 2.25. The van der Waals surface area contributed by atoms with Crippen LogP contribution in [0.4, 0.5) is 0 Å². The lowest BCUT2D eigenvalue weighted by Crippen LogP contribution is -2.36. The maximum Gasteiger partial charge on any atom is 0.247 e. The molecule has 1 unspecified atom stereocenters. The van der Waals surface area contributed by atoms with Gasteiger partial charge in [0.2, 0.25) is 5.91 Å². The Labute approximate surface area is 83.4 Å². The van der Waals surface area contributed by atoms with E-state index in [4.69, 9.17) is 0 Å². The standard InChI is InChI=1S/C10H15NOS/c12-9-5-4-8-13-10-6-2-1-3-7-11(9)10/h4-5,10H,1-3,6-8H2. The van der Waals surface area contributed by atoms with Crippen LogP contribution in [-0.4, -0.2) is 28.5 Å². The van der Waals surface area contributed by atoms with Crippen LogP contribution in [0.2, 0.25) is 0 Å². The molecular formula is C10H15NOS. The van der Waals surface area contributed by atoms with Crippen molar-refractivity contribution in [2.75, 3.05) is 12.3 Å². The highest BCUT2D eigenvalue weighted by molar-refractivity contribution is 8.00. The van der Waals surface area contributed by atoms with Crippen LogP contribution in [0.25, 0.3) is 0 Å². The van der Waals surface area contributed by atoms with Crippen LogP contribution in [0.1, 0.15) is 25.7 Å². The smallest absolute Gasteiger partial charge is 0.247 e. The van der Waals surface area contributed by atoms with E-state index in [1.165, 1.54) is 25.7 Å². The molecule has 2 aliphatic heterocycles. The van der Waals surface area contributed by atoms with Gasteiger partial charge >= 0.3 is 0 Å². The van der Waals surface area contributed by atoms with Crippen molar-refractivity contribution >= 4 is 17.7 Å². The summed E-state index contributed by atoms with van der Waals surface area (Å²) in [5.41, 5.74) is 0. The van der Waals surface area contributed by atoms with Crippen molar-refractivity contribution in [1.82, 2.24) is 4.90 Å². The van der Waals surface area contributed by atoms with Gasteiger partial charge in [-0.2, -0.15) is 0 Å². The van der Waals surface area contributed by atoms with Gasteiger partial charge in [0.25, 0.3) is 0 Å². The Kier molecular flexibility index (Phi) is 2.94. The quantitative estimate of drug-likeness (QED) is 0.592. The predicted octanol–water partition coefficient (Wildman–Crippen LogP) is 2.02. The molecule has 0 radical (unpaired) electrons. The number of hydrogen-bond donors (Lipinski definition) is 0. The normalized spacial score (nSPS) is 29.4. The van der Waals surface area contributed by atoms with Gasteiger partial charge in [0.1, 0.15) is 0 Å². The lowest BCUT2D eigenvalue weighted by Gasteiger charge is -2.26. The third-order valence-electron chi connectivity index (χ3n) is 2.63. The summed E-state index contributed by atoms with van der Waals surface area (Å²) in [5, 5.41) is 0.449. The van der Waals surface area contributed by atoms with Gasteiger partial charge in [-0.3, -0.25) is 4.79 Å². The van der Waals surface area contributed by atoms with Gasteiger partial charge in [0, 0.05) is 12.3 Å². The van der Waals surface area contributed by atoms with Crippen molar-refractivity contribution < 1.29 is 4.79 Å². The molecular weight excluding hydrogens is 182 g/mol. The van der Waals surface area contributed by atoms with Crippen molar-refractivity contribution in [3.8, 4) is 0 Å². The molecule has 2 heterocycles. The first-order valence-corrected chi connectivity index (χ1v) is 6.01. The van der Waals surface area contributed by atoms with Gasteiger partial charge in [-0.05, 0) is 18.9 Å². The summed E-state index contributed by atoms with van der Waals surface area (Å²) >= 11 is 1.90. The predicted molar refractivity (Wildman–Crippen MR) is 55.6 cm³/mol. The van der Waals surface area contributed by atoms with E-state index in [1.54, 1.807) is 6.08 Å². The molecule has 1 atom stereocenters. The first-order chi connectivity index (χ1) is 6.38. The Morgan fingerprint density at radius 3 is 3.23 bits per heavy atom. The van der Waals surface area contributed by atoms with E-state index in [0.29, 0.717) is 5.37 Å². The molecule has 1 amide bonds. The minimum atomic E-state index is 0.219. The Morgan fingerprint density at radius 1 is 1.38 bits per heavy atom. The zero-order chi connectivity index (χ0) is 9.10. The van der Waals surface area contributed by atoms with Crippen LogP contribution in [0.15, 0.2) is 12.2 Å². The maximum atomic E-state index is 11.6. The van der Waals surface area contributed by atoms with E-state index in [0.717, 1.165) is 12.3 Å². The fraction of sp³-hybridized carbons (Fsp3) is 0.700. The van der Waals surface area contributed by atoms with Gasteiger partial charge in [0.15, 0.2) is 0 Å². The molecule has 13 heavy (non-hydrogen) atoms. The zero-order valence-electron chi connectivity index (χ0n) is 7.74. The Balaban J connectivity index is 2.12. The lowest BCUT2D eigenvalue weighted by molar-refractivity contribution is -0.126. The van der Waals surface area contributed by atoms with E-state index in [9.17, 15) is 4.79 Å². The fourth-order valence-corrected chi connectivity index (χ4v) is 3.07. The average molecular weight is 197 g/mol. The minimum absolute atomic E-state index is 0.219. The van der Waals surface area contributed by atoms with Crippen LogP contribution >= 0.6 is 11.8 Å². The second-order valence-corrected chi connectivity index (χ2v) is 4.78. The highest BCUT2D eigenvalue weighted by atomic mass is 32.2. The van der Waals surface area contributed by atoms with Gasteiger partial charge in [-0.1, -0.05) is 18.9 Å². The van der Waals surface area contributed by atoms with Crippen LogP contribution in [0.3, 0.4) is 0 Å². The van der Waals surface area contributed by atoms with Crippen molar-refractivity contribution in [3.63, 3.8) is 0 Å². The number of nitrogens with zero attached hydrogens (tertiary/aromatic N) is 1. The Bertz CT molecular complexity index is 227. The van der Waals surface area contributed by atoms with Gasteiger partial charge in [-0.15, -0.1) is 11.8 Å². The summed E-state index contributed by atoms with van der Waals surface area (Å²) in [6.07, 6.45) is 8.64. The summed E-state index contributed by atoms with van der Waals surface area (Å²) in [4.78, 5) is 13.7. The number of hydrogen-bond acceptors (Lipinski definition) is 2. The molecule has 0 N–H and O–H groups in total. The van der Waals surface area contributed by atoms with Crippen LogP contribution in [0, 0.1) is 0 Å². The zero-order valence-corrected chi connectivity index (χ0v) is 8.55. The van der Waals surface area contributed by atoms with Crippen molar-refractivity contribution in [3.05, 3.63) is 12.2 Å². The fourth-order valence-electron chi connectivity index (χ4n) is 1.91. The van der Waals surface area contributed by atoms with Crippen molar-refractivity contribution in [1.29, 1.82) is 0 Å². The van der Waals surface area contributed by atoms with E-state index >= 15 is 0 Å². The van der Waals surface area contributed by atoms with E-state index in [2.05, 4.69) is 0 Å². The minimum Gasteiger partial charge on any atom is -0.327 e. The molecule has 72 valence electrons. The number of fused-ring (bicyclic) bond motifs is 1. The molecule has 0 aromatic rings. The number of carbonyl (C=O) groups excluding carboxylic acids is 1. The van der Waals surface area contributed by atoms with Gasteiger partial charge in [-0.25, -0.2) is 0 Å². The van der Waals surface area contributed by atoms with Crippen LogP contribution in [0.5, 0.6) is 0 Å². The van der Waals surface area contributed by atoms with E-state index in [-0.39, 0.29) is 5.91 Å². The van der Waals surface area contributed by atoms with Crippen LogP contribution < -0.4 is 0 Å². The Hall–Kier alpha value is -0.440. The molecule has 0 aromatic heterocycles. The first kappa shape index (κ1) is 9.13. The summed E-state index contributed by atoms with van der Waals surface area (Å²) in [7, 11) is 0. The SMILES string of the molecule is O=C1C=CCSC2CCCCCN12. The monoisotopic (exact) mass is 197 g/mol. The number of carbonyl (C=O) groups is 1.